The van der Waals surface area contributed by atoms with E-state index in [0.29, 0.717) is 0 Å². The number of rotatable bonds is 4. The van der Waals surface area contributed by atoms with Crippen molar-refractivity contribution in [1.82, 2.24) is 0 Å². The molecule has 0 heterocycles. The van der Waals surface area contributed by atoms with E-state index in [4.69, 9.17) is 18.3 Å². The first-order chi connectivity index (χ1) is 7.58. The summed E-state index contributed by atoms with van der Waals surface area (Å²) in [7, 11) is 2.41. The SMILES string of the molecule is [C-]#[N+]C([N+]#[C-])=C(/C=C(/O)OC)CC(=O)OC. The fourth-order valence-corrected chi connectivity index (χ4v) is 0.799. The number of carbonyl (C=O) groups is 1. The topological polar surface area (TPSA) is 64.5 Å². The number of allylic oxidation sites excluding steroid dienone is 1. The van der Waals surface area contributed by atoms with Gasteiger partial charge in [0.2, 0.25) is 0 Å². The van der Waals surface area contributed by atoms with Crippen LogP contribution in [0.1, 0.15) is 6.42 Å². The first-order valence-electron chi connectivity index (χ1n) is 4.08. The molecule has 0 radical (unpaired) electrons. The van der Waals surface area contributed by atoms with Gasteiger partial charge in [0.05, 0.1) is 26.2 Å². The molecule has 0 saturated heterocycles. The molecule has 0 aromatic heterocycles. The van der Waals surface area contributed by atoms with E-state index in [1.807, 2.05) is 0 Å². The normalized spacial score (nSPS) is 9.62. The zero-order valence-electron chi connectivity index (χ0n) is 8.85. The molecule has 0 aromatic carbocycles. The van der Waals surface area contributed by atoms with E-state index in [1.54, 1.807) is 0 Å². The Bertz CT molecular complexity index is 394. The summed E-state index contributed by atoms with van der Waals surface area (Å²) in [5.74, 6) is -1.40. The standard InChI is InChI=1S/C10H10N2O4/c1-11-10(12-2)7(5-8(13)15-3)6-9(14)16-4/h5,13H,6H2,3-4H3/b8-5-. The van der Waals surface area contributed by atoms with Crippen LogP contribution in [-0.2, 0) is 14.3 Å². The second-order valence-electron chi connectivity index (χ2n) is 2.51. The lowest BCUT2D eigenvalue weighted by atomic mass is 10.2. The van der Waals surface area contributed by atoms with Gasteiger partial charge >= 0.3 is 11.8 Å². The Hall–Kier alpha value is -2.47. The Labute approximate surface area is 93.0 Å². The molecule has 0 aromatic rings. The minimum absolute atomic E-state index is 0.0520. The van der Waals surface area contributed by atoms with Crippen molar-refractivity contribution in [3.8, 4) is 0 Å². The van der Waals surface area contributed by atoms with Crippen LogP contribution < -0.4 is 0 Å². The molecule has 0 aliphatic heterocycles. The lowest BCUT2D eigenvalue weighted by molar-refractivity contribution is -0.139. The van der Waals surface area contributed by atoms with E-state index in [-0.39, 0.29) is 17.8 Å². The van der Waals surface area contributed by atoms with Crippen molar-refractivity contribution in [3.05, 3.63) is 46.2 Å². The Kier molecular flexibility index (Phi) is 5.84. The lowest BCUT2D eigenvalue weighted by Gasteiger charge is -2.00. The zero-order valence-corrected chi connectivity index (χ0v) is 8.85. The third kappa shape index (κ3) is 4.16. The monoisotopic (exact) mass is 222 g/mol. The average Bonchev–Trinajstić information content (AvgIpc) is 2.29. The van der Waals surface area contributed by atoms with Crippen molar-refractivity contribution in [3.63, 3.8) is 0 Å². The largest absolute Gasteiger partial charge is 0.523 e. The molecule has 0 aliphatic rings. The summed E-state index contributed by atoms with van der Waals surface area (Å²) >= 11 is 0. The van der Waals surface area contributed by atoms with Gasteiger partial charge < -0.3 is 14.6 Å². The third-order valence-corrected chi connectivity index (χ3v) is 1.57. The van der Waals surface area contributed by atoms with E-state index in [2.05, 4.69) is 19.2 Å². The Morgan fingerprint density at radius 2 is 1.88 bits per heavy atom. The van der Waals surface area contributed by atoms with Gasteiger partial charge in [-0.2, -0.15) is 9.69 Å². The quantitative estimate of drug-likeness (QED) is 0.340. The van der Waals surface area contributed by atoms with Crippen LogP contribution in [0.25, 0.3) is 9.69 Å². The van der Waals surface area contributed by atoms with Crippen LogP contribution in [-0.4, -0.2) is 25.3 Å². The molecule has 0 aliphatic carbocycles. The minimum atomic E-state index is -0.611. The van der Waals surface area contributed by atoms with Gasteiger partial charge in [0.15, 0.2) is 0 Å². The summed E-state index contributed by atoms with van der Waals surface area (Å²) in [6.45, 7) is 13.5. The van der Waals surface area contributed by atoms with Crippen LogP contribution in [0.4, 0.5) is 0 Å². The van der Waals surface area contributed by atoms with Crippen molar-refractivity contribution in [2.24, 2.45) is 0 Å². The molecule has 0 spiro atoms. The van der Waals surface area contributed by atoms with Gasteiger partial charge in [-0.05, 0) is 0 Å². The Balaban J connectivity index is 5.25. The summed E-state index contributed by atoms with van der Waals surface area (Å²) in [4.78, 5) is 16.9. The van der Waals surface area contributed by atoms with Gasteiger partial charge in [-0.15, -0.1) is 0 Å². The highest BCUT2D eigenvalue weighted by atomic mass is 16.6. The van der Waals surface area contributed by atoms with Crippen LogP contribution in [0.2, 0.25) is 0 Å². The average molecular weight is 222 g/mol. The molecule has 0 bridgehead atoms. The van der Waals surface area contributed by atoms with E-state index >= 15 is 0 Å². The molecule has 16 heavy (non-hydrogen) atoms. The molecule has 0 saturated carbocycles. The van der Waals surface area contributed by atoms with E-state index in [1.165, 1.54) is 14.2 Å². The van der Waals surface area contributed by atoms with Gasteiger partial charge in [0.1, 0.15) is 13.1 Å². The van der Waals surface area contributed by atoms with Crippen LogP contribution in [0.15, 0.2) is 23.4 Å². The maximum absolute atomic E-state index is 11.0. The second kappa shape index (κ2) is 6.91. The van der Waals surface area contributed by atoms with Crippen molar-refractivity contribution in [1.29, 1.82) is 0 Å². The number of nitrogens with zero attached hydrogens (tertiary/aromatic N) is 2. The lowest BCUT2D eigenvalue weighted by Crippen LogP contribution is -2.02. The smallest absolute Gasteiger partial charge is 0.481 e. The van der Waals surface area contributed by atoms with E-state index in [9.17, 15) is 4.79 Å². The maximum Gasteiger partial charge on any atom is 0.523 e. The summed E-state index contributed by atoms with van der Waals surface area (Å²) in [6, 6.07) is 0. The number of ether oxygens (including phenoxy) is 2. The molecule has 6 nitrogen and oxygen atoms in total. The van der Waals surface area contributed by atoms with Crippen LogP contribution in [0.3, 0.4) is 0 Å². The summed E-state index contributed by atoms with van der Waals surface area (Å²) in [5.41, 5.74) is 0.0520. The van der Waals surface area contributed by atoms with Crippen molar-refractivity contribution in [2.75, 3.05) is 14.2 Å². The number of esters is 1. The van der Waals surface area contributed by atoms with Crippen LogP contribution in [0, 0.1) is 13.1 Å². The fraction of sp³-hybridized carbons (Fsp3) is 0.300. The molecule has 0 rings (SSSR count). The first kappa shape index (κ1) is 13.5. The molecular weight excluding hydrogens is 212 g/mol. The van der Waals surface area contributed by atoms with Crippen molar-refractivity contribution < 1.29 is 19.4 Å². The van der Waals surface area contributed by atoms with Gasteiger partial charge in [-0.25, -0.2) is 0 Å². The number of methoxy groups -OCH3 is 2. The molecule has 0 unspecified atom stereocenters. The molecule has 6 heteroatoms. The highest BCUT2D eigenvalue weighted by Crippen LogP contribution is 2.16. The first-order valence-corrected chi connectivity index (χ1v) is 4.08. The fourth-order valence-electron chi connectivity index (χ4n) is 0.799. The highest BCUT2D eigenvalue weighted by Gasteiger charge is 2.17. The van der Waals surface area contributed by atoms with E-state index < -0.39 is 11.9 Å². The Morgan fingerprint density at radius 3 is 2.25 bits per heavy atom. The van der Waals surface area contributed by atoms with E-state index in [0.717, 1.165) is 6.08 Å². The molecule has 84 valence electrons. The number of hydrogen-bond donors (Lipinski definition) is 1. The second-order valence-corrected chi connectivity index (χ2v) is 2.51. The van der Waals surface area contributed by atoms with Gasteiger partial charge in [0.25, 0.3) is 5.95 Å². The molecule has 1 N–H and O–H groups in total. The zero-order chi connectivity index (χ0) is 12.6. The summed E-state index contributed by atoms with van der Waals surface area (Å²) in [6.07, 6.45) is 0.770. The Morgan fingerprint density at radius 1 is 1.31 bits per heavy atom. The number of carbonyl (C=O) groups excluding carboxylic acids is 1. The van der Waals surface area contributed by atoms with Crippen molar-refractivity contribution >= 4 is 5.97 Å². The predicted octanol–water partition coefficient (Wildman–Crippen LogP) is 1.65. The number of hydrogen-bond acceptors (Lipinski definition) is 4. The van der Waals surface area contributed by atoms with Crippen molar-refractivity contribution in [2.45, 2.75) is 6.42 Å². The van der Waals surface area contributed by atoms with Gasteiger partial charge in [-0.3, -0.25) is 4.79 Å². The molecule has 0 amide bonds. The molecule has 0 atom stereocenters. The minimum Gasteiger partial charge on any atom is -0.481 e. The summed E-state index contributed by atoms with van der Waals surface area (Å²) < 4.78 is 8.86. The van der Waals surface area contributed by atoms with Gasteiger partial charge in [0, 0.05) is 6.08 Å². The van der Waals surface area contributed by atoms with Crippen LogP contribution in [0.5, 0.6) is 0 Å². The van der Waals surface area contributed by atoms with Crippen LogP contribution >= 0.6 is 0 Å². The third-order valence-electron chi connectivity index (χ3n) is 1.57. The molecular formula is C10H10N2O4. The number of aliphatic hydroxyl groups excluding tert-OH is 1. The van der Waals surface area contributed by atoms with Gasteiger partial charge in [-0.1, -0.05) is 0 Å². The summed E-state index contributed by atoms with van der Waals surface area (Å²) in [5, 5.41) is 9.10. The predicted molar refractivity (Wildman–Crippen MR) is 54.6 cm³/mol. The highest BCUT2D eigenvalue weighted by molar-refractivity contribution is 5.73. The molecule has 0 fully saturated rings. The number of aliphatic hydroxyl groups is 1. The maximum atomic E-state index is 11.0.